The molecule has 0 radical (unpaired) electrons. The van der Waals surface area contributed by atoms with Crippen LogP contribution in [0.3, 0.4) is 0 Å². The summed E-state index contributed by atoms with van der Waals surface area (Å²) < 4.78 is 0. The van der Waals surface area contributed by atoms with Crippen LogP contribution >= 0.6 is 11.3 Å². The standard InChI is InChI=1S/C8H9NS/c1-2-7-6-3-4-10-8(6)5-9-7/h2-4,9H,5H2,1H3/b7-2-. The maximum Gasteiger partial charge on any atom is 0.0501 e. The predicted octanol–water partition coefficient (Wildman–Crippen LogP) is 2.21. The third kappa shape index (κ3) is 0.688. The number of hydrogen-bond donors (Lipinski definition) is 1. The second-order valence-corrected chi connectivity index (χ2v) is 3.31. The van der Waals surface area contributed by atoms with Crippen LogP contribution in [0.4, 0.5) is 0 Å². The highest BCUT2D eigenvalue weighted by atomic mass is 32.1. The van der Waals surface area contributed by atoms with Crippen LogP contribution in [-0.2, 0) is 6.54 Å². The van der Waals surface area contributed by atoms with Crippen molar-refractivity contribution < 1.29 is 0 Å². The zero-order valence-corrected chi connectivity index (χ0v) is 6.66. The molecule has 0 unspecified atom stereocenters. The topological polar surface area (TPSA) is 12.0 Å². The number of rotatable bonds is 0. The monoisotopic (exact) mass is 151 g/mol. The average Bonchev–Trinajstić information content (AvgIpc) is 2.44. The summed E-state index contributed by atoms with van der Waals surface area (Å²) in [6, 6.07) is 2.18. The Hall–Kier alpha value is -0.760. The van der Waals surface area contributed by atoms with E-state index in [1.807, 2.05) is 11.3 Å². The SMILES string of the molecule is C/C=C1\NCc2sccc21. The summed E-state index contributed by atoms with van der Waals surface area (Å²) in [6.07, 6.45) is 2.12. The Morgan fingerprint density at radius 3 is 3.40 bits per heavy atom. The van der Waals surface area contributed by atoms with Crippen LogP contribution in [0.5, 0.6) is 0 Å². The van der Waals surface area contributed by atoms with E-state index in [4.69, 9.17) is 0 Å². The maximum atomic E-state index is 3.32. The molecule has 0 bridgehead atoms. The fourth-order valence-electron chi connectivity index (χ4n) is 1.25. The van der Waals surface area contributed by atoms with E-state index in [9.17, 15) is 0 Å². The quantitative estimate of drug-likeness (QED) is 0.599. The van der Waals surface area contributed by atoms with Crippen molar-refractivity contribution in [3.63, 3.8) is 0 Å². The molecule has 1 aromatic rings. The molecule has 0 saturated heterocycles. The van der Waals surface area contributed by atoms with Gasteiger partial charge < -0.3 is 5.32 Å². The number of hydrogen-bond acceptors (Lipinski definition) is 2. The molecule has 0 spiro atoms. The molecule has 0 atom stereocenters. The second-order valence-electron chi connectivity index (χ2n) is 2.31. The molecule has 1 N–H and O–H groups in total. The van der Waals surface area contributed by atoms with Gasteiger partial charge in [0.1, 0.15) is 0 Å². The van der Waals surface area contributed by atoms with Crippen LogP contribution in [0.15, 0.2) is 17.5 Å². The summed E-state index contributed by atoms with van der Waals surface area (Å²) in [4.78, 5) is 1.47. The Kier molecular flexibility index (Phi) is 1.27. The van der Waals surface area contributed by atoms with Gasteiger partial charge >= 0.3 is 0 Å². The van der Waals surface area contributed by atoms with Crippen molar-refractivity contribution in [2.75, 3.05) is 0 Å². The van der Waals surface area contributed by atoms with Gasteiger partial charge in [-0.2, -0.15) is 0 Å². The highest BCUT2D eigenvalue weighted by Crippen LogP contribution is 2.28. The predicted molar refractivity (Wildman–Crippen MR) is 44.8 cm³/mol. The summed E-state index contributed by atoms with van der Waals surface area (Å²) in [7, 11) is 0. The van der Waals surface area contributed by atoms with E-state index in [2.05, 4.69) is 29.8 Å². The molecular weight excluding hydrogens is 142 g/mol. The van der Waals surface area contributed by atoms with E-state index in [1.165, 1.54) is 16.1 Å². The van der Waals surface area contributed by atoms with E-state index in [-0.39, 0.29) is 0 Å². The molecular formula is C8H9NS. The maximum absolute atomic E-state index is 3.32. The van der Waals surface area contributed by atoms with Gasteiger partial charge in [-0.15, -0.1) is 11.3 Å². The lowest BCUT2D eigenvalue weighted by Gasteiger charge is -1.94. The zero-order valence-electron chi connectivity index (χ0n) is 5.85. The molecule has 0 fully saturated rings. The minimum atomic E-state index is 1.02. The second kappa shape index (κ2) is 2.13. The van der Waals surface area contributed by atoms with Crippen LogP contribution < -0.4 is 5.32 Å². The van der Waals surface area contributed by atoms with Gasteiger partial charge in [-0.1, -0.05) is 6.08 Å². The van der Waals surface area contributed by atoms with Crippen molar-refractivity contribution in [1.29, 1.82) is 0 Å². The van der Waals surface area contributed by atoms with Crippen molar-refractivity contribution in [2.24, 2.45) is 0 Å². The lowest BCUT2D eigenvalue weighted by Crippen LogP contribution is -1.99. The number of nitrogens with one attached hydrogen (secondary N) is 1. The molecule has 0 aromatic carbocycles. The van der Waals surface area contributed by atoms with Crippen molar-refractivity contribution in [2.45, 2.75) is 13.5 Å². The molecule has 0 aliphatic carbocycles. The fraction of sp³-hybridized carbons (Fsp3) is 0.250. The minimum Gasteiger partial charge on any atom is -0.380 e. The van der Waals surface area contributed by atoms with E-state index < -0.39 is 0 Å². The van der Waals surface area contributed by atoms with Crippen LogP contribution in [0.2, 0.25) is 0 Å². The molecule has 10 heavy (non-hydrogen) atoms. The molecule has 0 amide bonds. The Morgan fingerprint density at radius 2 is 2.60 bits per heavy atom. The summed E-state index contributed by atoms with van der Waals surface area (Å²) >= 11 is 1.83. The first kappa shape index (κ1) is 5.98. The summed E-state index contributed by atoms with van der Waals surface area (Å²) in [6.45, 7) is 3.09. The number of fused-ring (bicyclic) bond motifs is 1. The average molecular weight is 151 g/mol. The smallest absolute Gasteiger partial charge is 0.0501 e. The van der Waals surface area contributed by atoms with E-state index in [1.54, 1.807) is 0 Å². The van der Waals surface area contributed by atoms with Crippen molar-refractivity contribution in [1.82, 2.24) is 5.32 Å². The van der Waals surface area contributed by atoms with Gasteiger partial charge in [-0.3, -0.25) is 0 Å². The van der Waals surface area contributed by atoms with Gasteiger partial charge in [-0.05, 0) is 18.4 Å². The van der Waals surface area contributed by atoms with Crippen LogP contribution in [-0.4, -0.2) is 0 Å². The van der Waals surface area contributed by atoms with E-state index in [0.29, 0.717) is 0 Å². The highest BCUT2D eigenvalue weighted by Gasteiger charge is 2.14. The first-order valence-corrected chi connectivity index (χ1v) is 4.26. The van der Waals surface area contributed by atoms with Gasteiger partial charge in [0.25, 0.3) is 0 Å². The largest absolute Gasteiger partial charge is 0.380 e. The van der Waals surface area contributed by atoms with E-state index in [0.717, 1.165) is 6.54 Å². The molecule has 1 aliphatic heterocycles. The van der Waals surface area contributed by atoms with Crippen LogP contribution in [0.25, 0.3) is 5.70 Å². The number of thiophene rings is 1. The fourth-order valence-corrected chi connectivity index (χ4v) is 2.07. The lowest BCUT2D eigenvalue weighted by atomic mass is 10.2. The third-order valence-electron chi connectivity index (χ3n) is 1.76. The first-order chi connectivity index (χ1) is 4.92. The molecule has 0 saturated carbocycles. The zero-order chi connectivity index (χ0) is 6.97. The highest BCUT2D eigenvalue weighted by molar-refractivity contribution is 7.10. The Labute approximate surface area is 64.4 Å². The number of allylic oxidation sites excluding steroid dienone is 1. The van der Waals surface area contributed by atoms with Crippen molar-refractivity contribution in [3.05, 3.63) is 28.0 Å². The van der Waals surface area contributed by atoms with Crippen molar-refractivity contribution in [3.8, 4) is 0 Å². The van der Waals surface area contributed by atoms with Gasteiger partial charge in [0.2, 0.25) is 0 Å². The molecule has 2 heteroatoms. The van der Waals surface area contributed by atoms with Gasteiger partial charge in [0, 0.05) is 16.1 Å². The van der Waals surface area contributed by atoms with Gasteiger partial charge in [0.15, 0.2) is 0 Å². The summed E-state index contributed by atoms with van der Waals surface area (Å²) in [5.41, 5.74) is 2.68. The molecule has 1 aliphatic rings. The van der Waals surface area contributed by atoms with Gasteiger partial charge in [0.05, 0.1) is 6.54 Å². The molecule has 52 valence electrons. The normalized spacial score (nSPS) is 19.1. The molecule has 2 rings (SSSR count). The van der Waals surface area contributed by atoms with Gasteiger partial charge in [-0.25, -0.2) is 0 Å². The van der Waals surface area contributed by atoms with Crippen LogP contribution in [0, 0.1) is 0 Å². The third-order valence-corrected chi connectivity index (χ3v) is 2.68. The van der Waals surface area contributed by atoms with E-state index >= 15 is 0 Å². The summed E-state index contributed by atoms with van der Waals surface area (Å²) in [5.74, 6) is 0. The Morgan fingerprint density at radius 1 is 1.70 bits per heavy atom. The molecule has 1 aromatic heterocycles. The van der Waals surface area contributed by atoms with Crippen LogP contribution in [0.1, 0.15) is 17.4 Å². The molecule has 1 nitrogen and oxygen atoms in total. The summed E-state index contributed by atoms with van der Waals surface area (Å²) in [5, 5.41) is 5.47. The van der Waals surface area contributed by atoms with Crippen molar-refractivity contribution >= 4 is 17.0 Å². The minimum absolute atomic E-state index is 1.02. The lowest BCUT2D eigenvalue weighted by molar-refractivity contribution is 0.957. The Balaban J connectivity index is 2.53. The molecule has 2 heterocycles. The first-order valence-electron chi connectivity index (χ1n) is 3.38. The Bertz CT molecular complexity index is 273.